The first-order valence-corrected chi connectivity index (χ1v) is 4.46. The minimum atomic E-state index is -0.789. The lowest BCUT2D eigenvalue weighted by Crippen LogP contribution is -2.09. The fourth-order valence-electron chi connectivity index (χ4n) is 0.721. The predicted octanol–water partition coefficient (Wildman–Crippen LogP) is 3.91. The summed E-state index contributed by atoms with van der Waals surface area (Å²) in [6.07, 6.45) is 6.50. The Morgan fingerprint density at radius 2 is 1.93 bits per heavy atom. The Labute approximate surface area is 89.2 Å². The summed E-state index contributed by atoms with van der Waals surface area (Å²) in [4.78, 5) is 0. The van der Waals surface area contributed by atoms with E-state index in [1.54, 1.807) is 31.2 Å². The van der Waals surface area contributed by atoms with Gasteiger partial charge in [-0.1, -0.05) is 31.4 Å². The maximum atomic E-state index is 13.3. The second-order valence-corrected chi connectivity index (χ2v) is 2.81. The van der Waals surface area contributed by atoms with E-state index in [9.17, 15) is 8.78 Å². The zero-order chi connectivity index (χ0) is 11.8. The maximum absolute atomic E-state index is 13.3. The normalized spacial score (nSPS) is 13.7. The summed E-state index contributed by atoms with van der Waals surface area (Å²) in [5.41, 5.74) is 0.384. The van der Waals surface area contributed by atoms with Crippen LogP contribution in [-0.4, -0.2) is 0 Å². The van der Waals surface area contributed by atoms with Gasteiger partial charge in [0.15, 0.2) is 5.95 Å². The zero-order valence-electron chi connectivity index (χ0n) is 8.98. The van der Waals surface area contributed by atoms with Gasteiger partial charge in [0, 0.05) is 11.3 Å². The van der Waals surface area contributed by atoms with Crippen molar-refractivity contribution in [1.29, 1.82) is 0 Å². The highest BCUT2D eigenvalue weighted by atomic mass is 19.1. The van der Waals surface area contributed by atoms with Gasteiger partial charge in [0.25, 0.3) is 0 Å². The van der Waals surface area contributed by atoms with Crippen LogP contribution in [0, 0.1) is 0 Å². The molecule has 0 atom stereocenters. The summed E-state index contributed by atoms with van der Waals surface area (Å²) < 4.78 is 25.8. The molecule has 0 amide bonds. The van der Waals surface area contributed by atoms with Crippen LogP contribution < -0.4 is 5.32 Å². The molecule has 0 aliphatic heterocycles. The average molecular weight is 211 g/mol. The SMILES string of the molecule is C=C/C=C\C(=C/C)N/C(F)=C(/C)C(=C)F. The van der Waals surface area contributed by atoms with Crippen molar-refractivity contribution in [2.45, 2.75) is 13.8 Å². The number of hydrogen-bond acceptors (Lipinski definition) is 1. The molecule has 0 aromatic carbocycles. The van der Waals surface area contributed by atoms with Crippen molar-refractivity contribution < 1.29 is 8.78 Å². The third-order valence-corrected chi connectivity index (χ3v) is 1.71. The number of rotatable bonds is 5. The standard InChI is InChI=1S/C12H15F2N/c1-5-7-8-11(6-2)15-12(14)9(3)10(4)13/h5-8,15H,1,4H2,2-3H3/b8-7-,11-6+,12-9-. The van der Waals surface area contributed by atoms with Gasteiger partial charge in [0.1, 0.15) is 5.83 Å². The number of hydrogen-bond donors (Lipinski definition) is 1. The second kappa shape index (κ2) is 6.76. The molecule has 0 radical (unpaired) electrons. The van der Waals surface area contributed by atoms with Crippen LogP contribution in [0.1, 0.15) is 13.8 Å². The fraction of sp³-hybridized carbons (Fsp3) is 0.167. The molecule has 0 heterocycles. The molecule has 0 bridgehead atoms. The Balaban J connectivity index is 4.71. The molecule has 0 fully saturated rings. The van der Waals surface area contributed by atoms with Gasteiger partial charge in [-0.15, -0.1) is 0 Å². The molecule has 0 saturated heterocycles. The molecule has 3 heteroatoms. The molecule has 0 aromatic rings. The molecule has 0 rings (SSSR count). The van der Waals surface area contributed by atoms with Gasteiger partial charge in [-0.3, -0.25) is 0 Å². The highest BCUT2D eigenvalue weighted by Gasteiger charge is 2.04. The number of halogens is 2. The van der Waals surface area contributed by atoms with Crippen LogP contribution in [-0.2, 0) is 0 Å². The Morgan fingerprint density at radius 1 is 1.33 bits per heavy atom. The first-order valence-electron chi connectivity index (χ1n) is 4.46. The molecule has 1 N–H and O–H groups in total. The summed E-state index contributed by atoms with van der Waals surface area (Å²) in [5.74, 6) is -1.53. The van der Waals surface area contributed by atoms with Crippen molar-refractivity contribution >= 4 is 0 Å². The Hall–Kier alpha value is -1.64. The van der Waals surface area contributed by atoms with Crippen LogP contribution in [0.4, 0.5) is 8.78 Å². The van der Waals surface area contributed by atoms with E-state index in [1.807, 2.05) is 0 Å². The molecule has 1 nitrogen and oxygen atoms in total. The van der Waals surface area contributed by atoms with Crippen LogP contribution >= 0.6 is 0 Å². The van der Waals surface area contributed by atoms with E-state index in [2.05, 4.69) is 18.5 Å². The lowest BCUT2D eigenvalue weighted by atomic mass is 10.3. The second-order valence-electron chi connectivity index (χ2n) is 2.81. The van der Waals surface area contributed by atoms with Gasteiger partial charge in [0.2, 0.25) is 0 Å². The smallest absolute Gasteiger partial charge is 0.197 e. The van der Waals surface area contributed by atoms with Crippen molar-refractivity contribution in [1.82, 2.24) is 5.32 Å². The summed E-state index contributed by atoms with van der Waals surface area (Å²) in [6.45, 7) is 9.55. The average Bonchev–Trinajstić information content (AvgIpc) is 2.22. The number of nitrogens with one attached hydrogen (secondary N) is 1. The summed E-state index contributed by atoms with van der Waals surface area (Å²) >= 11 is 0. The molecule has 15 heavy (non-hydrogen) atoms. The monoisotopic (exact) mass is 211 g/mol. The van der Waals surface area contributed by atoms with Crippen LogP contribution in [0.3, 0.4) is 0 Å². The largest absolute Gasteiger partial charge is 0.332 e. The Kier molecular flexibility index (Phi) is 6.02. The van der Waals surface area contributed by atoms with E-state index in [-0.39, 0.29) is 5.57 Å². The van der Waals surface area contributed by atoms with Gasteiger partial charge < -0.3 is 5.32 Å². The molecule has 0 aliphatic rings. The number of allylic oxidation sites excluding steroid dienone is 6. The van der Waals surface area contributed by atoms with Gasteiger partial charge in [0.05, 0.1) is 0 Å². The lowest BCUT2D eigenvalue weighted by molar-refractivity contribution is 0.551. The van der Waals surface area contributed by atoms with E-state index in [1.165, 1.54) is 6.92 Å². The first-order chi connectivity index (χ1) is 7.02. The van der Waals surface area contributed by atoms with Crippen molar-refractivity contribution in [2.24, 2.45) is 0 Å². The van der Waals surface area contributed by atoms with Crippen LogP contribution in [0.2, 0.25) is 0 Å². The van der Waals surface area contributed by atoms with Crippen LogP contribution in [0.5, 0.6) is 0 Å². The fourth-order valence-corrected chi connectivity index (χ4v) is 0.721. The van der Waals surface area contributed by atoms with E-state index in [0.29, 0.717) is 5.70 Å². The first kappa shape index (κ1) is 13.4. The molecule has 0 aromatic heterocycles. The minimum Gasteiger partial charge on any atom is -0.332 e. The highest BCUT2D eigenvalue weighted by Crippen LogP contribution is 2.14. The minimum absolute atomic E-state index is 0.138. The van der Waals surface area contributed by atoms with E-state index >= 15 is 0 Å². The third kappa shape index (κ3) is 4.96. The summed E-state index contributed by atoms with van der Waals surface area (Å²) in [6, 6.07) is 0. The molecule has 82 valence electrons. The van der Waals surface area contributed by atoms with Crippen molar-refractivity contribution in [2.75, 3.05) is 0 Å². The van der Waals surface area contributed by atoms with Gasteiger partial charge in [-0.05, 0) is 19.9 Å². The maximum Gasteiger partial charge on any atom is 0.197 e. The molecule has 0 spiro atoms. The third-order valence-electron chi connectivity index (χ3n) is 1.71. The molecule has 0 aliphatic carbocycles. The van der Waals surface area contributed by atoms with Gasteiger partial charge in [-0.25, -0.2) is 4.39 Å². The predicted molar refractivity (Wildman–Crippen MR) is 60.3 cm³/mol. The van der Waals surface area contributed by atoms with Gasteiger partial charge in [-0.2, -0.15) is 4.39 Å². The van der Waals surface area contributed by atoms with E-state index in [0.717, 1.165) is 0 Å². The van der Waals surface area contributed by atoms with Gasteiger partial charge >= 0.3 is 0 Å². The molecule has 0 saturated carbocycles. The van der Waals surface area contributed by atoms with E-state index < -0.39 is 11.8 Å². The highest BCUT2D eigenvalue weighted by molar-refractivity contribution is 5.28. The summed E-state index contributed by atoms with van der Waals surface area (Å²) in [7, 11) is 0. The molecular formula is C12H15F2N. The topological polar surface area (TPSA) is 12.0 Å². The Bertz CT molecular complexity index is 336. The van der Waals surface area contributed by atoms with Crippen molar-refractivity contribution in [3.05, 3.63) is 60.5 Å². The van der Waals surface area contributed by atoms with Crippen LogP contribution in [0.15, 0.2) is 60.5 Å². The Morgan fingerprint density at radius 3 is 2.33 bits per heavy atom. The van der Waals surface area contributed by atoms with Crippen molar-refractivity contribution in [3.8, 4) is 0 Å². The quantitative estimate of drug-likeness (QED) is 0.537. The molecular weight excluding hydrogens is 196 g/mol. The summed E-state index contributed by atoms with van der Waals surface area (Å²) in [5, 5.41) is 2.42. The molecule has 0 unspecified atom stereocenters. The van der Waals surface area contributed by atoms with E-state index in [4.69, 9.17) is 0 Å². The van der Waals surface area contributed by atoms with Crippen LogP contribution in [0.25, 0.3) is 0 Å². The van der Waals surface area contributed by atoms with Crippen molar-refractivity contribution in [3.63, 3.8) is 0 Å². The zero-order valence-corrected chi connectivity index (χ0v) is 8.98. The lowest BCUT2D eigenvalue weighted by Gasteiger charge is -2.06.